The van der Waals surface area contributed by atoms with Crippen molar-refractivity contribution in [2.45, 2.75) is 6.42 Å². The summed E-state index contributed by atoms with van der Waals surface area (Å²) in [4.78, 5) is 12.9. The fraction of sp³-hybridized carbons (Fsp3) is 0.364. The molecule has 0 spiro atoms. The highest BCUT2D eigenvalue weighted by molar-refractivity contribution is 5.89. The minimum atomic E-state index is -0.848. The lowest BCUT2D eigenvalue weighted by Gasteiger charge is -2.10. The Morgan fingerprint density at radius 3 is 2.57 bits per heavy atom. The van der Waals surface area contributed by atoms with Crippen LogP contribution in [0.1, 0.15) is 15.9 Å². The SMILES string of the molecule is CN(C)CCc1ccccc1C(=O)O. The zero-order valence-corrected chi connectivity index (χ0v) is 8.53. The molecule has 1 N–H and O–H groups in total. The summed E-state index contributed by atoms with van der Waals surface area (Å²) in [5.41, 5.74) is 1.31. The van der Waals surface area contributed by atoms with Crippen LogP contribution in [-0.2, 0) is 6.42 Å². The van der Waals surface area contributed by atoms with Gasteiger partial charge in [0.2, 0.25) is 0 Å². The third-order valence-corrected chi connectivity index (χ3v) is 2.08. The first-order valence-corrected chi connectivity index (χ1v) is 4.57. The predicted octanol–water partition coefficient (Wildman–Crippen LogP) is 1.49. The first-order valence-electron chi connectivity index (χ1n) is 4.57. The molecule has 1 aromatic rings. The van der Waals surface area contributed by atoms with Crippen LogP contribution in [0.25, 0.3) is 0 Å². The van der Waals surface area contributed by atoms with Crippen molar-refractivity contribution < 1.29 is 9.90 Å². The van der Waals surface area contributed by atoms with Crippen molar-refractivity contribution in [3.8, 4) is 0 Å². The molecule has 3 nitrogen and oxygen atoms in total. The zero-order valence-electron chi connectivity index (χ0n) is 8.53. The van der Waals surface area contributed by atoms with Crippen molar-refractivity contribution in [1.29, 1.82) is 0 Å². The topological polar surface area (TPSA) is 40.5 Å². The summed E-state index contributed by atoms with van der Waals surface area (Å²) < 4.78 is 0. The molecule has 14 heavy (non-hydrogen) atoms. The van der Waals surface area contributed by atoms with Crippen LogP contribution < -0.4 is 0 Å². The van der Waals surface area contributed by atoms with Gasteiger partial charge in [-0.05, 0) is 32.1 Å². The van der Waals surface area contributed by atoms with E-state index in [-0.39, 0.29) is 0 Å². The highest BCUT2D eigenvalue weighted by atomic mass is 16.4. The maximum absolute atomic E-state index is 10.9. The van der Waals surface area contributed by atoms with E-state index >= 15 is 0 Å². The number of hydrogen-bond acceptors (Lipinski definition) is 2. The van der Waals surface area contributed by atoms with Gasteiger partial charge >= 0.3 is 5.97 Å². The fourth-order valence-electron chi connectivity index (χ4n) is 1.29. The Kier molecular flexibility index (Phi) is 3.65. The predicted molar refractivity (Wildman–Crippen MR) is 55.7 cm³/mol. The smallest absolute Gasteiger partial charge is 0.335 e. The summed E-state index contributed by atoms with van der Waals surface area (Å²) in [5.74, 6) is -0.848. The van der Waals surface area contributed by atoms with E-state index in [9.17, 15) is 4.79 Å². The lowest BCUT2D eigenvalue weighted by molar-refractivity contribution is 0.0695. The molecular weight excluding hydrogens is 178 g/mol. The molecule has 0 saturated carbocycles. The molecule has 0 heterocycles. The van der Waals surface area contributed by atoms with E-state index in [0.29, 0.717) is 5.56 Å². The second kappa shape index (κ2) is 4.77. The van der Waals surface area contributed by atoms with Gasteiger partial charge in [0.1, 0.15) is 0 Å². The van der Waals surface area contributed by atoms with Gasteiger partial charge in [-0.1, -0.05) is 18.2 Å². The summed E-state index contributed by atoms with van der Waals surface area (Å²) in [5, 5.41) is 8.92. The minimum absolute atomic E-state index is 0.411. The molecule has 0 aliphatic carbocycles. The highest BCUT2D eigenvalue weighted by Crippen LogP contribution is 2.09. The number of carbonyl (C=O) groups is 1. The van der Waals surface area contributed by atoms with Crippen molar-refractivity contribution in [2.75, 3.05) is 20.6 Å². The molecular formula is C11H15NO2. The van der Waals surface area contributed by atoms with Gasteiger partial charge in [0.25, 0.3) is 0 Å². The molecule has 0 aliphatic rings. The van der Waals surface area contributed by atoms with Gasteiger partial charge in [-0.25, -0.2) is 4.79 Å². The van der Waals surface area contributed by atoms with Gasteiger partial charge in [0.05, 0.1) is 5.56 Å². The maximum Gasteiger partial charge on any atom is 0.335 e. The van der Waals surface area contributed by atoms with Crippen molar-refractivity contribution in [1.82, 2.24) is 4.90 Å². The summed E-state index contributed by atoms with van der Waals surface area (Å²) in [6, 6.07) is 7.14. The van der Waals surface area contributed by atoms with Gasteiger partial charge < -0.3 is 10.0 Å². The van der Waals surface area contributed by atoms with E-state index in [4.69, 9.17) is 5.11 Å². The second-order valence-corrected chi connectivity index (χ2v) is 3.52. The number of nitrogens with zero attached hydrogens (tertiary/aromatic N) is 1. The molecule has 0 aromatic heterocycles. The van der Waals surface area contributed by atoms with E-state index in [1.165, 1.54) is 0 Å². The number of hydrogen-bond donors (Lipinski definition) is 1. The van der Waals surface area contributed by atoms with Crippen LogP contribution in [0.3, 0.4) is 0 Å². The summed E-state index contributed by atoms with van der Waals surface area (Å²) in [6.07, 6.45) is 0.773. The molecule has 0 aliphatic heterocycles. The normalized spacial score (nSPS) is 10.5. The van der Waals surface area contributed by atoms with Crippen molar-refractivity contribution in [2.24, 2.45) is 0 Å². The summed E-state index contributed by atoms with van der Waals surface area (Å²) in [6.45, 7) is 0.865. The molecule has 1 aromatic carbocycles. The van der Waals surface area contributed by atoms with Gasteiger partial charge in [-0.15, -0.1) is 0 Å². The molecule has 3 heteroatoms. The van der Waals surface area contributed by atoms with Crippen LogP contribution in [-0.4, -0.2) is 36.6 Å². The van der Waals surface area contributed by atoms with E-state index in [0.717, 1.165) is 18.5 Å². The van der Waals surface area contributed by atoms with Crippen LogP contribution in [0.15, 0.2) is 24.3 Å². The van der Waals surface area contributed by atoms with Gasteiger partial charge in [-0.3, -0.25) is 0 Å². The van der Waals surface area contributed by atoms with Crippen LogP contribution in [0.2, 0.25) is 0 Å². The van der Waals surface area contributed by atoms with Crippen molar-refractivity contribution >= 4 is 5.97 Å². The molecule has 0 saturated heterocycles. The number of carboxylic acids is 1. The second-order valence-electron chi connectivity index (χ2n) is 3.52. The Morgan fingerprint density at radius 1 is 1.36 bits per heavy atom. The Hall–Kier alpha value is -1.35. The van der Waals surface area contributed by atoms with Crippen molar-refractivity contribution in [3.63, 3.8) is 0 Å². The highest BCUT2D eigenvalue weighted by Gasteiger charge is 2.08. The van der Waals surface area contributed by atoms with Crippen LogP contribution >= 0.6 is 0 Å². The fourth-order valence-corrected chi connectivity index (χ4v) is 1.29. The maximum atomic E-state index is 10.9. The lowest BCUT2D eigenvalue weighted by Crippen LogP contribution is -2.16. The number of likely N-dealkylation sites (N-methyl/N-ethyl adjacent to an activating group) is 1. The van der Waals surface area contributed by atoms with Gasteiger partial charge in [-0.2, -0.15) is 0 Å². The van der Waals surface area contributed by atoms with Gasteiger partial charge in [0, 0.05) is 6.54 Å². The zero-order chi connectivity index (χ0) is 10.6. The summed E-state index contributed by atoms with van der Waals surface area (Å²) >= 11 is 0. The molecule has 0 atom stereocenters. The standard InChI is InChI=1S/C11H15NO2/c1-12(2)8-7-9-5-3-4-6-10(9)11(13)14/h3-6H,7-8H2,1-2H3,(H,13,14). The number of rotatable bonds is 4. The minimum Gasteiger partial charge on any atom is -0.478 e. The third kappa shape index (κ3) is 2.85. The Morgan fingerprint density at radius 2 is 2.00 bits per heavy atom. The number of benzene rings is 1. The number of aromatic carboxylic acids is 1. The van der Waals surface area contributed by atoms with E-state index in [1.807, 2.05) is 31.1 Å². The molecule has 0 amide bonds. The molecule has 1 rings (SSSR count). The van der Waals surface area contributed by atoms with E-state index < -0.39 is 5.97 Å². The first kappa shape index (κ1) is 10.7. The van der Waals surface area contributed by atoms with Crippen molar-refractivity contribution in [3.05, 3.63) is 35.4 Å². The quantitative estimate of drug-likeness (QED) is 0.787. The average molecular weight is 193 g/mol. The summed E-state index contributed by atoms with van der Waals surface area (Å²) in [7, 11) is 3.95. The number of carboxylic acid groups (broad SMARTS) is 1. The largest absolute Gasteiger partial charge is 0.478 e. The van der Waals surface area contributed by atoms with E-state index in [2.05, 4.69) is 0 Å². The van der Waals surface area contributed by atoms with Gasteiger partial charge in [0.15, 0.2) is 0 Å². The first-order chi connectivity index (χ1) is 6.61. The molecule has 76 valence electrons. The average Bonchev–Trinajstić information content (AvgIpc) is 2.15. The molecule has 0 bridgehead atoms. The Balaban J connectivity index is 2.79. The lowest BCUT2D eigenvalue weighted by atomic mass is 10.0. The Labute approximate surface area is 84.0 Å². The Bertz CT molecular complexity index is 321. The molecule has 0 unspecified atom stereocenters. The monoisotopic (exact) mass is 193 g/mol. The van der Waals surface area contributed by atoms with Crippen LogP contribution in [0, 0.1) is 0 Å². The molecule has 0 fully saturated rings. The van der Waals surface area contributed by atoms with Crippen LogP contribution in [0.4, 0.5) is 0 Å². The molecule has 0 radical (unpaired) electrons. The third-order valence-electron chi connectivity index (χ3n) is 2.08. The van der Waals surface area contributed by atoms with E-state index in [1.54, 1.807) is 12.1 Å². The van der Waals surface area contributed by atoms with Crippen LogP contribution in [0.5, 0.6) is 0 Å².